The lowest BCUT2D eigenvalue weighted by atomic mass is 9.99. The van der Waals surface area contributed by atoms with Crippen LogP contribution in [-0.4, -0.2) is 46.3 Å². The normalized spacial score (nSPS) is 21.7. The van der Waals surface area contributed by atoms with Gasteiger partial charge in [0, 0.05) is 18.7 Å². The predicted molar refractivity (Wildman–Crippen MR) is 87.0 cm³/mol. The number of nitrogens with zero attached hydrogens (tertiary/aromatic N) is 1. The number of para-hydroxylation sites is 1. The number of likely N-dealkylation sites (tertiary alicyclic amines) is 1. The van der Waals surface area contributed by atoms with Gasteiger partial charge in [-0.15, -0.1) is 0 Å². The van der Waals surface area contributed by atoms with Crippen LogP contribution in [0.15, 0.2) is 30.3 Å². The van der Waals surface area contributed by atoms with Crippen molar-refractivity contribution in [2.45, 2.75) is 51.4 Å². The van der Waals surface area contributed by atoms with Crippen molar-refractivity contribution in [3.8, 4) is 0 Å². The molecule has 0 bridgehead atoms. The molecule has 1 aliphatic heterocycles. The van der Waals surface area contributed by atoms with Gasteiger partial charge in [-0.1, -0.05) is 18.2 Å². The molecule has 1 aliphatic rings. The monoisotopic (exact) mass is 320 g/mol. The zero-order valence-corrected chi connectivity index (χ0v) is 13.8. The Morgan fingerprint density at radius 2 is 1.91 bits per heavy atom. The van der Waals surface area contributed by atoms with Crippen LogP contribution < -0.4 is 5.32 Å². The first-order chi connectivity index (χ1) is 10.8. The molecule has 2 rings (SSSR count). The molecule has 1 heterocycles. The van der Waals surface area contributed by atoms with E-state index in [-0.39, 0.29) is 12.3 Å². The molecule has 6 heteroatoms. The fourth-order valence-electron chi connectivity index (χ4n) is 2.48. The average Bonchev–Trinajstić information content (AvgIpc) is 2.46. The summed E-state index contributed by atoms with van der Waals surface area (Å²) in [5.41, 5.74) is 0.0230. The van der Waals surface area contributed by atoms with Gasteiger partial charge < -0.3 is 15.2 Å². The van der Waals surface area contributed by atoms with Crippen LogP contribution in [0, 0.1) is 0 Å². The molecule has 0 aromatic heterocycles. The van der Waals surface area contributed by atoms with Gasteiger partial charge >= 0.3 is 6.09 Å². The third-order valence-electron chi connectivity index (χ3n) is 3.55. The highest BCUT2D eigenvalue weighted by atomic mass is 16.6. The summed E-state index contributed by atoms with van der Waals surface area (Å²) in [6.45, 7) is 5.64. The maximum absolute atomic E-state index is 12.5. The Morgan fingerprint density at radius 1 is 1.26 bits per heavy atom. The van der Waals surface area contributed by atoms with Crippen molar-refractivity contribution in [3.63, 3.8) is 0 Å². The van der Waals surface area contributed by atoms with Gasteiger partial charge in [0.25, 0.3) is 0 Å². The largest absolute Gasteiger partial charge is 0.444 e. The lowest BCUT2D eigenvalue weighted by molar-refractivity contribution is -0.124. The van der Waals surface area contributed by atoms with E-state index in [1.54, 1.807) is 32.9 Å². The molecule has 6 nitrogen and oxygen atoms in total. The molecular weight excluding hydrogens is 296 g/mol. The number of nitrogens with one attached hydrogen (secondary N) is 1. The number of anilines is 1. The number of carbonyl (C=O) groups is 2. The van der Waals surface area contributed by atoms with Crippen LogP contribution in [0.2, 0.25) is 0 Å². The summed E-state index contributed by atoms with van der Waals surface area (Å²) >= 11 is 0. The summed E-state index contributed by atoms with van der Waals surface area (Å²) in [5, 5.41) is 12.6. The second-order valence-corrected chi connectivity index (χ2v) is 6.72. The molecule has 23 heavy (non-hydrogen) atoms. The van der Waals surface area contributed by atoms with Crippen LogP contribution in [0.1, 0.15) is 33.6 Å². The zero-order valence-electron chi connectivity index (χ0n) is 13.8. The van der Waals surface area contributed by atoms with E-state index in [2.05, 4.69) is 5.32 Å². The lowest BCUT2D eigenvalue weighted by Gasteiger charge is -2.37. The number of benzene rings is 1. The van der Waals surface area contributed by atoms with Gasteiger partial charge in [-0.2, -0.15) is 0 Å². The Bertz CT molecular complexity index is 553. The molecule has 0 saturated carbocycles. The SMILES string of the molecule is CC(C)(C)OC(=O)N1CC[C@@H](O)C[C@H]1C(=O)Nc1ccccc1. The minimum atomic E-state index is -0.742. The average molecular weight is 320 g/mol. The number of hydrogen-bond acceptors (Lipinski definition) is 4. The van der Waals surface area contributed by atoms with Crippen LogP contribution in [-0.2, 0) is 9.53 Å². The minimum Gasteiger partial charge on any atom is -0.444 e. The number of aliphatic hydroxyl groups is 1. The maximum atomic E-state index is 12.5. The molecule has 126 valence electrons. The molecular formula is C17H24N2O4. The number of ether oxygens (including phenoxy) is 1. The van der Waals surface area contributed by atoms with E-state index in [0.717, 1.165) is 0 Å². The molecule has 2 amide bonds. The van der Waals surface area contributed by atoms with Crippen molar-refractivity contribution in [3.05, 3.63) is 30.3 Å². The second kappa shape index (κ2) is 7.00. The fourth-order valence-corrected chi connectivity index (χ4v) is 2.48. The van der Waals surface area contributed by atoms with Crippen molar-refractivity contribution in [1.29, 1.82) is 0 Å². The molecule has 1 aromatic rings. The van der Waals surface area contributed by atoms with Gasteiger partial charge in [-0.3, -0.25) is 9.69 Å². The van der Waals surface area contributed by atoms with Crippen molar-refractivity contribution < 1.29 is 19.4 Å². The van der Waals surface area contributed by atoms with Crippen LogP contribution in [0.4, 0.5) is 10.5 Å². The predicted octanol–water partition coefficient (Wildman–Crippen LogP) is 2.39. The Hall–Kier alpha value is -2.08. The topological polar surface area (TPSA) is 78.9 Å². The van der Waals surface area contributed by atoms with Crippen molar-refractivity contribution in [1.82, 2.24) is 4.90 Å². The quantitative estimate of drug-likeness (QED) is 0.877. The van der Waals surface area contributed by atoms with Crippen LogP contribution in [0.5, 0.6) is 0 Å². The Morgan fingerprint density at radius 3 is 2.52 bits per heavy atom. The summed E-state index contributed by atoms with van der Waals surface area (Å²) in [6.07, 6.45) is -0.482. The number of amides is 2. The summed E-state index contributed by atoms with van der Waals surface area (Å²) in [5.74, 6) is -0.319. The fraction of sp³-hybridized carbons (Fsp3) is 0.529. The van der Waals surface area contributed by atoms with Gasteiger partial charge in [-0.05, 0) is 39.3 Å². The second-order valence-electron chi connectivity index (χ2n) is 6.72. The molecule has 1 saturated heterocycles. The van der Waals surface area contributed by atoms with Gasteiger partial charge in [-0.25, -0.2) is 4.79 Å². The summed E-state index contributed by atoms with van der Waals surface area (Å²) < 4.78 is 5.37. The number of carbonyl (C=O) groups excluding carboxylic acids is 2. The van der Waals surface area contributed by atoms with Gasteiger partial charge in [0.2, 0.25) is 5.91 Å². The first kappa shape index (κ1) is 17.3. The highest BCUT2D eigenvalue weighted by Crippen LogP contribution is 2.22. The van der Waals surface area contributed by atoms with Crippen LogP contribution in [0.3, 0.4) is 0 Å². The van der Waals surface area contributed by atoms with E-state index in [1.807, 2.05) is 18.2 Å². The number of rotatable bonds is 2. The van der Waals surface area contributed by atoms with E-state index < -0.39 is 23.8 Å². The minimum absolute atomic E-state index is 0.206. The molecule has 0 aliphatic carbocycles. The third kappa shape index (κ3) is 4.96. The molecule has 2 atom stereocenters. The van der Waals surface area contributed by atoms with E-state index in [4.69, 9.17) is 4.74 Å². The summed E-state index contributed by atoms with van der Waals surface area (Å²) in [6, 6.07) is 8.29. The highest BCUT2D eigenvalue weighted by molar-refractivity contribution is 5.96. The Labute approximate surface area is 136 Å². The van der Waals surface area contributed by atoms with Crippen LogP contribution in [0.25, 0.3) is 0 Å². The van der Waals surface area contributed by atoms with E-state index in [1.165, 1.54) is 4.90 Å². The molecule has 2 N–H and O–H groups in total. The van der Waals surface area contributed by atoms with Crippen LogP contribution >= 0.6 is 0 Å². The summed E-state index contributed by atoms with van der Waals surface area (Å²) in [4.78, 5) is 26.3. The smallest absolute Gasteiger partial charge is 0.410 e. The van der Waals surface area contributed by atoms with E-state index in [9.17, 15) is 14.7 Å². The first-order valence-corrected chi connectivity index (χ1v) is 7.80. The summed E-state index contributed by atoms with van der Waals surface area (Å²) in [7, 11) is 0. The third-order valence-corrected chi connectivity index (χ3v) is 3.55. The van der Waals surface area contributed by atoms with Gasteiger partial charge in [0.1, 0.15) is 11.6 Å². The molecule has 0 radical (unpaired) electrons. The molecule has 1 fully saturated rings. The maximum Gasteiger partial charge on any atom is 0.410 e. The number of aliphatic hydroxyl groups excluding tert-OH is 1. The first-order valence-electron chi connectivity index (χ1n) is 7.80. The van der Waals surface area contributed by atoms with Crippen molar-refractivity contribution in [2.75, 3.05) is 11.9 Å². The van der Waals surface area contributed by atoms with Gasteiger partial charge in [0.15, 0.2) is 0 Å². The standard InChI is InChI=1S/C17H24N2O4/c1-17(2,3)23-16(22)19-10-9-13(20)11-14(19)15(21)18-12-7-5-4-6-8-12/h4-8,13-14,20H,9-11H2,1-3H3,(H,18,21)/t13-,14+/m1/s1. The molecule has 0 spiro atoms. The van der Waals surface area contributed by atoms with E-state index >= 15 is 0 Å². The zero-order chi connectivity index (χ0) is 17.0. The Kier molecular flexibility index (Phi) is 5.26. The highest BCUT2D eigenvalue weighted by Gasteiger charge is 2.37. The van der Waals surface area contributed by atoms with Crippen molar-refractivity contribution in [2.24, 2.45) is 0 Å². The lowest BCUT2D eigenvalue weighted by Crippen LogP contribution is -2.54. The van der Waals surface area contributed by atoms with E-state index in [0.29, 0.717) is 18.7 Å². The number of hydrogen-bond donors (Lipinski definition) is 2. The molecule has 1 aromatic carbocycles. The Balaban J connectivity index is 2.10. The molecule has 0 unspecified atom stereocenters. The van der Waals surface area contributed by atoms with Crippen molar-refractivity contribution >= 4 is 17.7 Å². The van der Waals surface area contributed by atoms with Gasteiger partial charge in [0.05, 0.1) is 6.10 Å². The number of piperidine rings is 1.